The molecule has 2 heterocycles. The molecule has 1 saturated carbocycles. The predicted octanol–water partition coefficient (Wildman–Crippen LogP) is 4.27. The van der Waals surface area contributed by atoms with E-state index in [4.69, 9.17) is 9.26 Å². The van der Waals surface area contributed by atoms with Gasteiger partial charge in [0.2, 0.25) is 0 Å². The second-order valence-electron chi connectivity index (χ2n) is 6.52. The van der Waals surface area contributed by atoms with E-state index >= 15 is 0 Å². The molecule has 9 heteroatoms. The summed E-state index contributed by atoms with van der Waals surface area (Å²) in [6.45, 7) is -1.29. The van der Waals surface area contributed by atoms with Crippen molar-refractivity contribution in [3.05, 3.63) is 41.2 Å². The summed E-state index contributed by atoms with van der Waals surface area (Å²) in [6.07, 6.45) is 2.03. The molecule has 7 nitrogen and oxygen atoms in total. The number of carbonyl (C=O) groups excluding carboxylic acids is 1. The second-order valence-corrected chi connectivity index (χ2v) is 6.52. The van der Waals surface area contributed by atoms with Crippen LogP contribution in [0.2, 0.25) is 0 Å². The molecule has 1 aromatic carbocycles. The Bertz CT molecular complexity index is 1050. The van der Waals surface area contributed by atoms with E-state index in [1.807, 2.05) is 0 Å². The van der Waals surface area contributed by atoms with E-state index in [1.54, 1.807) is 13.0 Å². The summed E-state index contributed by atoms with van der Waals surface area (Å²) in [7, 11) is 1.34. The molecule has 0 bridgehead atoms. The quantitative estimate of drug-likeness (QED) is 0.678. The molecule has 28 heavy (non-hydrogen) atoms. The van der Waals surface area contributed by atoms with Crippen molar-refractivity contribution in [2.45, 2.75) is 32.3 Å². The number of hydrogen-bond acceptors (Lipinski definition) is 6. The zero-order valence-corrected chi connectivity index (χ0v) is 15.2. The minimum absolute atomic E-state index is 0.135. The van der Waals surface area contributed by atoms with Gasteiger partial charge in [-0.1, -0.05) is 5.16 Å². The number of aryl methyl sites for hydroxylation is 1. The minimum Gasteiger partial charge on any atom is -0.493 e. The van der Waals surface area contributed by atoms with E-state index in [2.05, 4.69) is 20.2 Å². The molecular formula is C19H17F2N3O4. The number of halogens is 2. The number of fused-ring (bicyclic) bond motifs is 1. The van der Waals surface area contributed by atoms with E-state index in [0.717, 1.165) is 18.5 Å². The number of benzene rings is 1. The van der Waals surface area contributed by atoms with Gasteiger partial charge >= 0.3 is 6.61 Å². The van der Waals surface area contributed by atoms with Crippen LogP contribution in [-0.2, 0) is 0 Å². The standard InChI is InChI=1S/C19H17F2N3O4/c1-9-16-12(8-13(10-3-4-10)23-18(16)28-24-9)17(25)22-11-5-6-14(26-2)15(7-11)27-19(20)21/h5-8,10,19H,3-4H2,1-2H3,(H,22,25). The summed E-state index contributed by atoms with van der Waals surface area (Å²) >= 11 is 0. The lowest BCUT2D eigenvalue weighted by atomic mass is 10.1. The maximum Gasteiger partial charge on any atom is 0.387 e. The number of carbonyl (C=O) groups is 1. The Morgan fingerprint density at radius 1 is 1.29 bits per heavy atom. The fourth-order valence-electron chi connectivity index (χ4n) is 3.02. The molecule has 1 aliphatic carbocycles. The second kappa shape index (κ2) is 7.06. The molecule has 1 fully saturated rings. The van der Waals surface area contributed by atoms with Gasteiger partial charge in [-0.3, -0.25) is 4.79 Å². The first-order valence-corrected chi connectivity index (χ1v) is 8.67. The van der Waals surface area contributed by atoms with Crippen molar-refractivity contribution in [2.24, 2.45) is 0 Å². The van der Waals surface area contributed by atoms with E-state index in [0.29, 0.717) is 28.3 Å². The zero-order valence-electron chi connectivity index (χ0n) is 15.2. The van der Waals surface area contributed by atoms with E-state index in [9.17, 15) is 13.6 Å². The summed E-state index contributed by atoms with van der Waals surface area (Å²) in [6, 6.07) is 5.99. The van der Waals surface area contributed by atoms with Gasteiger partial charge in [-0.2, -0.15) is 8.78 Å². The fourth-order valence-corrected chi connectivity index (χ4v) is 3.02. The number of nitrogens with zero attached hydrogens (tertiary/aromatic N) is 2. The SMILES string of the molecule is COc1ccc(NC(=O)c2cc(C3CC3)nc3onc(C)c23)cc1OC(F)F. The van der Waals surface area contributed by atoms with Crippen LogP contribution in [0.4, 0.5) is 14.5 Å². The van der Waals surface area contributed by atoms with Crippen LogP contribution in [-0.4, -0.2) is 29.8 Å². The predicted molar refractivity (Wildman–Crippen MR) is 96.1 cm³/mol. The highest BCUT2D eigenvalue weighted by Gasteiger charge is 2.28. The molecule has 0 radical (unpaired) electrons. The summed E-state index contributed by atoms with van der Waals surface area (Å²) in [5.41, 5.74) is 2.30. The van der Waals surface area contributed by atoms with Gasteiger partial charge in [0.1, 0.15) is 0 Å². The third kappa shape index (κ3) is 3.47. The Morgan fingerprint density at radius 2 is 2.07 bits per heavy atom. The highest BCUT2D eigenvalue weighted by atomic mass is 19.3. The van der Waals surface area contributed by atoms with Crippen LogP contribution in [0.15, 0.2) is 28.8 Å². The molecule has 2 aromatic heterocycles. The van der Waals surface area contributed by atoms with Crippen LogP contribution in [0.3, 0.4) is 0 Å². The molecule has 0 aliphatic heterocycles. The normalized spacial score (nSPS) is 13.8. The third-order valence-electron chi connectivity index (χ3n) is 4.51. The number of aromatic nitrogens is 2. The highest BCUT2D eigenvalue weighted by Crippen LogP contribution is 2.40. The van der Waals surface area contributed by atoms with Crippen LogP contribution < -0.4 is 14.8 Å². The summed E-state index contributed by atoms with van der Waals surface area (Å²) in [4.78, 5) is 17.4. The van der Waals surface area contributed by atoms with Crippen molar-refractivity contribution in [1.82, 2.24) is 10.1 Å². The lowest BCUT2D eigenvalue weighted by Gasteiger charge is -2.12. The van der Waals surface area contributed by atoms with Crippen LogP contribution in [0.5, 0.6) is 11.5 Å². The molecule has 0 atom stereocenters. The molecule has 3 aromatic rings. The first-order chi connectivity index (χ1) is 13.5. The fraction of sp³-hybridized carbons (Fsp3) is 0.316. The molecule has 1 amide bonds. The number of rotatable bonds is 6. The smallest absolute Gasteiger partial charge is 0.387 e. The Morgan fingerprint density at radius 3 is 2.75 bits per heavy atom. The average molecular weight is 389 g/mol. The van der Waals surface area contributed by atoms with Gasteiger partial charge in [-0.05, 0) is 38.0 Å². The largest absolute Gasteiger partial charge is 0.493 e. The maximum atomic E-state index is 12.9. The van der Waals surface area contributed by atoms with E-state index in [1.165, 1.54) is 25.3 Å². The van der Waals surface area contributed by atoms with Gasteiger partial charge in [-0.25, -0.2) is 4.98 Å². The van der Waals surface area contributed by atoms with Crippen LogP contribution in [0, 0.1) is 6.92 Å². The zero-order chi connectivity index (χ0) is 19.8. The van der Waals surface area contributed by atoms with Crippen molar-refractivity contribution in [1.29, 1.82) is 0 Å². The van der Waals surface area contributed by atoms with E-state index in [-0.39, 0.29) is 17.2 Å². The minimum atomic E-state index is -3.01. The monoisotopic (exact) mass is 389 g/mol. The third-order valence-corrected chi connectivity index (χ3v) is 4.51. The Balaban J connectivity index is 1.68. The molecule has 1 aliphatic rings. The number of alkyl halides is 2. The van der Waals surface area contributed by atoms with Crippen molar-refractivity contribution < 1.29 is 27.6 Å². The Hall–Kier alpha value is -3.23. The van der Waals surface area contributed by atoms with Crippen molar-refractivity contribution in [3.8, 4) is 11.5 Å². The van der Waals surface area contributed by atoms with Gasteiger partial charge in [-0.15, -0.1) is 0 Å². The number of hydrogen-bond donors (Lipinski definition) is 1. The van der Waals surface area contributed by atoms with Gasteiger partial charge in [0, 0.05) is 23.4 Å². The first-order valence-electron chi connectivity index (χ1n) is 8.67. The molecular weight excluding hydrogens is 372 g/mol. The lowest BCUT2D eigenvalue weighted by Crippen LogP contribution is -2.14. The Kier molecular flexibility index (Phi) is 4.58. The summed E-state index contributed by atoms with van der Waals surface area (Å²) in [5.74, 6) is -0.146. The molecule has 0 unspecified atom stereocenters. The number of ether oxygens (including phenoxy) is 2. The number of pyridine rings is 1. The van der Waals surface area contributed by atoms with Crippen LogP contribution in [0.25, 0.3) is 11.1 Å². The van der Waals surface area contributed by atoms with Gasteiger partial charge < -0.3 is 19.3 Å². The van der Waals surface area contributed by atoms with Crippen molar-refractivity contribution in [2.75, 3.05) is 12.4 Å². The molecule has 4 rings (SSSR count). The number of nitrogens with one attached hydrogen (secondary N) is 1. The highest BCUT2D eigenvalue weighted by molar-refractivity contribution is 6.12. The first kappa shape index (κ1) is 18.1. The topological polar surface area (TPSA) is 86.5 Å². The van der Waals surface area contributed by atoms with Crippen molar-refractivity contribution in [3.63, 3.8) is 0 Å². The van der Waals surface area contributed by atoms with Crippen LogP contribution in [0.1, 0.15) is 40.5 Å². The van der Waals surface area contributed by atoms with Crippen molar-refractivity contribution >= 4 is 22.7 Å². The maximum absolute atomic E-state index is 12.9. The van der Waals surface area contributed by atoms with Crippen LogP contribution >= 0.6 is 0 Å². The van der Waals surface area contributed by atoms with E-state index < -0.39 is 12.5 Å². The van der Waals surface area contributed by atoms with Gasteiger partial charge in [0.25, 0.3) is 11.6 Å². The summed E-state index contributed by atoms with van der Waals surface area (Å²) in [5, 5.41) is 7.13. The number of amides is 1. The number of methoxy groups -OCH3 is 1. The lowest BCUT2D eigenvalue weighted by molar-refractivity contribution is -0.0511. The van der Waals surface area contributed by atoms with Gasteiger partial charge in [0.15, 0.2) is 11.5 Å². The molecule has 0 spiro atoms. The van der Waals surface area contributed by atoms with Gasteiger partial charge in [0.05, 0.1) is 23.8 Å². The molecule has 0 saturated heterocycles. The summed E-state index contributed by atoms with van der Waals surface area (Å²) < 4.78 is 39.9. The number of anilines is 1. The average Bonchev–Trinajstić information content (AvgIpc) is 3.44. The molecule has 146 valence electrons. The molecule has 1 N–H and O–H groups in total. The Labute approximate surface area is 158 Å².